The third-order valence-electron chi connectivity index (χ3n) is 3.13. The molecule has 0 bridgehead atoms. The van der Waals surface area contributed by atoms with Crippen LogP contribution in [-0.4, -0.2) is 13.1 Å². The first-order valence-electron chi connectivity index (χ1n) is 5.01. The van der Waals surface area contributed by atoms with Crippen molar-refractivity contribution in [2.24, 2.45) is 5.41 Å². The lowest BCUT2D eigenvalue weighted by atomic mass is 9.94. The highest BCUT2D eigenvalue weighted by Crippen LogP contribution is 2.49. The monoisotopic (exact) mass is 167 g/mol. The third-order valence-corrected chi connectivity index (χ3v) is 3.13. The Balaban J connectivity index is 2.21. The highest BCUT2D eigenvalue weighted by Gasteiger charge is 2.43. The van der Waals surface area contributed by atoms with E-state index in [1.54, 1.807) is 0 Å². The zero-order valence-corrected chi connectivity index (χ0v) is 8.40. The third kappa shape index (κ3) is 2.34. The van der Waals surface area contributed by atoms with Crippen LogP contribution in [0.25, 0.3) is 0 Å². The molecular formula is C11H21N. The fourth-order valence-corrected chi connectivity index (χ4v) is 1.85. The molecule has 1 unspecified atom stereocenters. The normalized spacial score (nSPS) is 21.8. The Bertz CT molecular complexity index is 147. The number of unbranched alkanes of at least 4 members (excludes halogenated alkanes) is 1. The number of nitrogens with one attached hydrogen (secondary N) is 1. The van der Waals surface area contributed by atoms with Gasteiger partial charge in [0.25, 0.3) is 0 Å². The standard InChI is InChI=1S/C11H21N/c1-4-5-6-7-10(12-3)11(2)8-9-11/h4,10,12H,1,5-9H2,2-3H3. The summed E-state index contributed by atoms with van der Waals surface area (Å²) in [6.45, 7) is 6.13. The summed E-state index contributed by atoms with van der Waals surface area (Å²) in [5.74, 6) is 0. The van der Waals surface area contributed by atoms with Gasteiger partial charge in [0.1, 0.15) is 0 Å². The van der Waals surface area contributed by atoms with E-state index in [-0.39, 0.29) is 0 Å². The molecule has 1 rings (SSSR count). The van der Waals surface area contributed by atoms with Crippen LogP contribution >= 0.6 is 0 Å². The van der Waals surface area contributed by atoms with Gasteiger partial charge in [-0.15, -0.1) is 6.58 Å². The molecule has 1 fully saturated rings. The molecule has 0 radical (unpaired) electrons. The molecule has 0 aliphatic heterocycles. The Labute approximate surface area is 76.2 Å². The van der Waals surface area contributed by atoms with Crippen LogP contribution in [0.2, 0.25) is 0 Å². The Kier molecular flexibility index (Phi) is 3.33. The van der Waals surface area contributed by atoms with Crippen LogP contribution in [0.5, 0.6) is 0 Å². The van der Waals surface area contributed by atoms with Crippen molar-refractivity contribution < 1.29 is 0 Å². The molecular weight excluding hydrogens is 146 g/mol. The second-order valence-electron chi connectivity index (χ2n) is 4.21. The van der Waals surface area contributed by atoms with E-state index in [1.165, 1.54) is 25.7 Å². The van der Waals surface area contributed by atoms with Gasteiger partial charge in [-0.05, 0) is 44.6 Å². The maximum absolute atomic E-state index is 3.74. The van der Waals surface area contributed by atoms with Crippen LogP contribution in [0.3, 0.4) is 0 Å². The van der Waals surface area contributed by atoms with Crippen molar-refractivity contribution in [2.45, 2.75) is 45.1 Å². The fraction of sp³-hybridized carbons (Fsp3) is 0.818. The lowest BCUT2D eigenvalue weighted by Gasteiger charge is -2.22. The van der Waals surface area contributed by atoms with E-state index in [0.717, 1.165) is 12.5 Å². The summed E-state index contributed by atoms with van der Waals surface area (Å²) in [6.07, 6.45) is 8.58. The zero-order chi connectivity index (χ0) is 9.03. The van der Waals surface area contributed by atoms with Gasteiger partial charge in [0.15, 0.2) is 0 Å². The number of hydrogen-bond acceptors (Lipinski definition) is 1. The SMILES string of the molecule is C=CCCCC(NC)C1(C)CC1. The minimum Gasteiger partial charge on any atom is -0.316 e. The first kappa shape index (κ1) is 9.79. The van der Waals surface area contributed by atoms with Gasteiger partial charge in [0.2, 0.25) is 0 Å². The van der Waals surface area contributed by atoms with Crippen molar-refractivity contribution in [1.29, 1.82) is 0 Å². The van der Waals surface area contributed by atoms with Gasteiger partial charge >= 0.3 is 0 Å². The molecule has 1 aliphatic rings. The van der Waals surface area contributed by atoms with E-state index in [4.69, 9.17) is 0 Å². The second kappa shape index (κ2) is 4.08. The zero-order valence-electron chi connectivity index (χ0n) is 8.40. The smallest absolute Gasteiger partial charge is 0.0118 e. The van der Waals surface area contributed by atoms with Gasteiger partial charge in [-0.2, -0.15) is 0 Å². The van der Waals surface area contributed by atoms with Crippen molar-refractivity contribution >= 4 is 0 Å². The molecule has 0 amide bonds. The Morgan fingerprint density at radius 3 is 2.67 bits per heavy atom. The Morgan fingerprint density at radius 2 is 2.25 bits per heavy atom. The minimum absolute atomic E-state index is 0.621. The van der Waals surface area contributed by atoms with Gasteiger partial charge < -0.3 is 5.32 Å². The van der Waals surface area contributed by atoms with E-state index in [9.17, 15) is 0 Å². The number of allylic oxidation sites excluding steroid dienone is 1. The Hall–Kier alpha value is -0.300. The number of hydrogen-bond donors (Lipinski definition) is 1. The summed E-state index contributed by atoms with van der Waals surface area (Å²) < 4.78 is 0. The largest absolute Gasteiger partial charge is 0.316 e. The van der Waals surface area contributed by atoms with Crippen LogP contribution < -0.4 is 5.32 Å². The average molecular weight is 167 g/mol. The summed E-state index contributed by atoms with van der Waals surface area (Å²) >= 11 is 0. The molecule has 12 heavy (non-hydrogen) atoms. The fourth-order valence-electron chi connectivity index (χ4n) is 1.85. The summed E-state index contributed by atoms with van der Waals surface area (Å²) in [4.78, 5) is 0. The van der Waals surface area contributed by atoms with Crippen molar-refractivity contribution in [2.75, 3.05) is 7.05 Å². The van der Waals surface area contributed by atoms with Crippen molar-refractivity contribution in [3.63, 3.8) is 0 Å². The van der Waals surface area contributed by atoms with Crippen LogP contribution in [0, 0.1) is 5.41 Å². The summed E-state index contributed by atoms with van der Waals surface area (Å²) in [5, 5.41) is 3.43. The molecule has 1 aliphatic carbocycles. The van der Waals surface area contributed by atoms with E-state index < -0.39 is 0 Å². The summed E-state index contributed by atoms with van der Waals surface area (Å²) in [6, 6.07) is 0.734. The quantitative estimate of drug-likeness (QED) is 0.474. The van der Waals surface area contributed by atoms with Crippen LogP contribution in [0.15, 0.2) is 12.7 Å². The lowest BCUT2D eigenvalue weighted by molar-refractivity contribution is 0.351. The molecule has 0 aromatic rings. The predicted molar refractivity (Wildman–Crippen MR) is 54.2 cm³/mol. The molecule has 0 aromatic carbocycles. The lowest BCUT2D eigenvalue weighted by Crippen LogP contribution is -2.33. The molecule has 0 aromatic heterocycles. The summed E-state index contributed by atoms with van der Waals surface area (Å²) in [5.41, 5.74) is 0.621. The highest BCUT2D eigenvalue weighted by molar-refractivity contribution is 4.98. The molecule has 1 saturated carbocycles. The highest BCUT2D eigenvalue weighted by atomic mass is 14.9. The molecule has 1 atom stereocenters. The molecule has 0 spiro atoms. The van der Waals surface area contributed by atoms with Crippen molar-refractivity contribution in [3.8, 4) is 0 Å². The van der Waals surface area contributed by atoms with E-state index >= 15 is 0 Å². The van der Waals surface area contributed by atoms with Crippen molar-refractivity contribution in [1.82, 2.24) is 5.32 Å². The molecule has 0 saturated heterocycles. The molecule has 1 nitrogen and oxygen atoms in total. The second-order valence-corrected chi connectivity index (χ2v) is 4.21. The molecule has 1 N–H and O–H groups in total. The first-order chi connectivity index (χ1) is 5.73. The van der Waals surface area contributed by atoms with E-state index in [1.807, 2.05) is 6.08 Å². The minimum atomic E-state index is 0.621. The maximum atomic E-state index is 3.74. The van der Waals surface area contributed by atoms with E-state index in [0.29, 0.717) is 5.41 Å². The molecule has 0 heterocycles. The molecule has 1 heteroatoms. The Morgan fingerprint density at radius 1 is 1.58 bits per heavy atom. The van der Waals surface area contributed by atoms with E-state index in [2.05, 4.69) is 25.9 Å². The van der Waals surface area contributed by atoms with Gasteiger partial charge in [0, 0.05) is 6.04 Å². The van der Waals surface area contributed by atoms with Crippen LogP contribution in [0.1, 0.15) is 39.0 Å². The maximum Gasteiger partial charge on any atom is 0.0118 e. The van der Waals surface area contributed by atoms with Crippen LogP contribution in [-0.2, 0) is 0 Å². The predicted octanol–water partition coefficient (Wildman–Crippen LogP) is 2.73. The topological polar surface area (TPSA) is 12.0 Å². The van der Waals surface area contributed by atoms with Gasteiger partial charge in [-0.25, -0.2) is 0 Å². The first-order valence-corrected chi connectivity index (χ1v) is 5.01. The van der Waals surface area contributed by atoms with Gasteiger partial charge in [0.05, 0.1) is 0 Å². The summed E-state index contributed by atoms with van der Waals surface area (Å²) in [7, 11) is 2.09. The number of rotatable bonds is 6. The van der Waals surface area contributed by atoms with Crippen molar-refractivity contribution in [3.05, 3.63) is 12.7 Å². The van der Waals surface area contributed by atoms with Gasteiger partial charge in [-0.1, -0.05) is 13.0 Å². The van der Waals surface area contributed by atoms with Gasteiger partial charge in [-0.3, -0.25) is 0 Å². The van der Waals surface area contributed by atoms with Crippen LogP contribution in [0.4, 0.5) is 0 Å². The molecule has 70 valence electrons. The average Bonchev–Trinajstić information content (AvgIpc) is 2.78.